The molecule has 2 aromatic rings. The number of carbonyl (C=O) groups is 2. The van der Waals surface area contributed by atoms with Crippen LogP contribution in [0.5, 0.6) is 5.75 Å². The summed E-state index contributed by atoms with van der Waals surface area (Å²) in [6, 6.07) is 14.4. The fourth-order valence-electron chi connectivity index (χ4n) is 3.69. The van der Waals surface area contributed by atoms with E-state index in [2.05, 4.69) is 24.2 Å². The summed E-state index contributed by atoms with van der Waals surface area (Å²) >= 11 is 1.33. The van der Waals surface area contributed by atoms with Crippen LogP contribution in [-0.2, 0) is 9.59 Å². The third-order valence-electron chi connectivity index (χ3n) is 5.31. The number of carbonyl (C=O) groups excluding carboxylic acids is 2. The van der Waals surface area contributed by atoms with Crippen molar-refractivity contribution in [3.63, 3.8) is 0 Å². The topological polar surface area (TPSA) is 83.4 Å². The molecule has 2 atom stereocenters. The lowest BCUT2D eigenvalue weighted by atomic mass is 10.0. The molecule has 0 saturated carbocycles. The quantitative estimate of drug-likeness (QED) is 0.703. The second kappa shape index (κ2) is 9.16. The van der Waals surface area contributed by atoms with Crippen molar-refractivity contribution < 1.29 is 14.3 Å². The SMILES string of the molecule is COc1ccc(NC(=O)C(C)SC2=Nc3ccccc3C3=NC(=O)C(CC(C)C)N23)cc1. The van der Waals surface area contributed by atoms with Crippen molar-refractivity contribution in [2.45, 2.75) is 38.5 Å². The molecule has 8 heteroatoms. The number of rotatable bonds is 6. The molecular weight excluding hydrogens is 424 g/mol. The Hall–Kier alpha value is -3.13. The molecule has 7 nitrogen and oxygen atoms in total. The Morgan fingerprint density at radius 1 is 1.12 bits per heavy atom. The van der Waals surface area contributed by atoms with Gasteiger partial charge >= 0.3 is 0 Å². The number of para-hydroxylation sites is 1. The van der Waals surface area contributed by atoms with Gasteiger partial charge in [0.05, 0.1) is 18.0 Å². The molecule has 32 heavy (non-hydrogen) atoms. The number of ether oxygens (including phenoxy) is 1. The van der Waals surface area contributed by atoms with Gasteiger partial charge < -0.3 is 10.1 Å². The Kier molecular flexibility index (Phi) is 6.32. The number of anilines is 1. The molecular formula is C24H26N4O3S. The minimum Gasteiger partial charge on any atom is -0.497 e. The number of nitrogens with zero attached hydrogens (tertiary/aromatic N) is 3. The molecule has 4 rings (SSSR count). The second-order valence-electron chi connectivity index (χ2n) is 8.18. The molecule has 0 fully saturated rings. The van der Waals surface area contributed by atoms with Gasteiger partial charge in [0.25, 0.3) is 5.91 Å². The number of hydrogen-bond donors (Lipinski definition) is 1. The molecule has 2 heterocycles. The molecule has 2 amide bonds. The number of hydrogen-bond acceptors (Lipinski definition) is 6. The van der Waals surface area contributed by atoms with Crippen LogP contribution in [0.15, 0.2) is 58.5 Å². The van der Waals surface area contributed by atoms with Gasteiger partial charge in [0, 0.05) is 11.3 Å². The number of benzene rings is 2. The largest absolute Gasteiger partial charge is 0.497 e. The van der Waals surface area contributed by atoms with Crippen LogP contribution >= 0.6 is 11.8 Å². The highest BCUT2D eigenvalue weighted by atomic mass is 32.2. The van der Waals surface area contributed by atoms with E-state index in [1.165, 1.54) is 11.8 Å². The second-order valence-corrected chi connectivity index (χ2v) is 9.49. The van der Waals surface area contributed by atoms with E-state index >= 15 is 0 Å². The van der Waals surface area contributed by atoms with E-state index in [0.717, 1.165) is 17.0 Å². The predicted octanol–water partition coefficient (Wildman–Crippen LogP) is 4.46. The lowest BCUT2D eigenvalue weighted by Crippen LogP contribution is -2.45. The van der Waals surface area contributed by atoms with Gasteiger partial charge in [-0.1, -0.05) is 37.7 Å². The Morgan fingerprint density at radius 3 is 2.53 bits per heavy atom. The van der Waals surface area contributed by atoms with E-state index in [0.29, 0.717) is 29.0 Å². The van der Waals surface area contributed by atoms with Crippen molar-refractivity contribution in [2.75, 3.05) is 12.4 Å². The maximum absolute atomic E-state index is 12.9. The number of methoxy groups -OCH3 is 1. The summed E-state index contributed by atoms with van der Waals surface area (Å²) < 4.78 is 5.16. The van der Waals surface area contributed by atoms with Crippen LogP contribution in [-0.4, -0.2) is 46.1 Å². The molecule has 0 aromatic heterocycles. The third-order valence-corrected chi connectivity index (χ3v) is 6.38. The summed E-state index contributed by atoms with van der Waals surface area (Å²) in [5.74, 6) is 1.36. The first kappa shape index (κ1) is 22.1. The minimum absolute atomic E-state index is 0.147. The Balaban J connectivity index is 1.57. The van der Waals surface area contributed by atoms with Gasteiger partial charge in [0.15, 0.2) is 5.17 Å². The minimum atomic E-state index is -0.433. The molecule has 1 N–H and O–H groups in total. The summed E-state index contributed by atoms with van der Waals surface area (Å²) in [5, 5.41) is 3.12. The monoisotopic (exact) mass is 450 g/mol. The van der Waals surface area contributed by atoms with Crippen LogP contribution in [0.25, 0.3) is 0 Å². The highest BCUT2D eigenvalue weighted by Crippen LogP contribution is 2.36. The molecule has 166 valence electrons. The number of thioether (sulfide) groups is 1. The smallest absolute Gasteiger partial charge is 0.270 e. The molecule has 2 aliphatic heterocycles. The van der Waals surface area contributed by atoms with Gasteiger partial charge in [-0.15, -0.1) is 0 Å². The average Bonchev–Trinajstić information content (AvgIpc) is 3.10. The lowest BCUT2D eigenvalue weighted by molar-refractivity contribution is -0.120. The fraction of sp³-hybridized carbons (Fsp3) is 0.333. The summed E-state index contributed by atoms with van der Waals surface area (Å²) in [7, 11) is 1.60. The molecule has 0 saturated heterocycles. The number of amides is 2. The molecule has 0 radical (unpaired) electrons. The zero-order valence-corrected chi connectivity index (χ0v) is 19.3. The zero-order chi connectivity index (χ0) is 22.8. The first-order chi connectivity index (χ1) is 15.4. The zero-order valence-electron chi connectivity index (χ0n) is 18.5. The van der Waals surface area contributed by atoms with Crippen LogP contribution in [0, 0.1) is 5.92 Å². The van der Waals surface area contributed by atoms with E-state index in [1.807, 2.05) is 36.1 Å². The summed E-state index contributed by atoms with van der Waals surface area (Å²) in [5.41, 5.74) is 2.29. The Labute approximate surface area is 192 Å². The van der Waals surface area contributed by atoms with Crippen molar-refractivity contribution in [1.29, 1.82) is 0 Å². The van der Waals surface area contributed by atoms with E-state index in [1.54, 1.807) is 31.4 Å². The van der Waals surface area contributed by atoms with Crippen molar-refractivity contribution >= 4 is 46.0 Å². The number of nitrogens with one attached hydrogen (secondary N) is 1. The summed E-state index contributed by atoms with van der Waals surface area (Å²) in [6.45, 7) is 5.99. The van der Waals surface area contributed by atoms with Crippen molar-refractivity contribution in [2.24, 2.45) is 15.9 Å². The van der Waals surface area contributed by atoms with Crippen molar-refractivity contribution in [1.82, 2.24) is 4.90 Å². The first-order valence-corrected chi connectivity index (χ1v) is 11.5. The van der Waals surface area contributed by atoms with Gasteiger partial charge in [-0.25, -0.2) is 4.99 Å². The van der Waals surface area contributed by atoms with Gasteiger partial charge in [0.1, 0.15) is 17.6 Å². The van der Waals surface area contributed by atoms with Crippen LogP contribution in [0.1, 0.15) is 32.8 Å². The molecule has 0 aliphatic carbocycles. The number of aliphatic imine (C=N–C) groups is 2. The van der Waals surface area contributed by atoms with E-state index in [9.17, 15) is 9.59 Å². The van der Waals surface area contributed by atoms with Crippen molar-refractivity contribution in [3.8, 4) is 5.75 Å². The van der Waals surface area contributed by atoms with E-state index in [4.69, 9.17) is 9.73 Å². The highest BCUT2D eigenvalue weighted by molar-refractivity contribution is 8.14. The lowest BCUT2D eigenvalue weighted by Gasteiger charge is -2.32. The molecule has 2 aliphatic rings. The van der Waals surface area contributed by atoms with Crippen LogP contribution in [0.4, 0.5) is 11.4 Å². The van der Waals surface area contributed by atoms with Crippen LogP contribution in [0.2, 0.25) is 0 Å². The summed E-state index contributed by atoms with van der Waals surface area (Å²) in [6.07, 6.45) is 0.667. The van der Waals surface area contributed by atoms with E-state index in [-0.39, 0.29) is 11.8 Å². The molecule has 2 unspecified atom stereocenters. The van der Waals surface area contributed by atoms with Gasteiger partial charge in [0.2, 0.25) is 5.91 Å². The summed E-state index contributed by atoms with van der Waals surface area (Å²) in [4.78, 5) is 36.7. The standard InChI is InChI=1S/C24H26N4O3S/c1-14(2)13-20-23(30)27-21-18-7-5-6-8-19(18)26-24(28(20)21)32-15(3)22(29)25-16-9-11-17(31-4)12-10-16/h5-12,14-15,20H,13H2,1-4H3,(H,25,29). The number of amidine groups is 2. The van der Waals surface area contributed by atoms with Gasteiger partial charge in [-0.05, 0) is 55.7 Å². The van der Waals surface area contributed by atoms with Gasteiger partial charge in [-0.3, -0.25) is 14.5 Å². The molecule has 0 spiro atoms. The normalized spacial score (nSPS) is 18.0. The van der Waals surface area contributed by atoms with Crippen molar-refractivity contribution in [3.05, 3.63) is 54.1 Å². The maximum atomic E-state index is 12.9. The third kappa shape index (κ3) is 4.41. The first-order valence-electron chi connectivity index (χ1n) is 10.6. The fourth-order valence-corrected chi connectivity index (χ4v) is 4.65. The van der Waals surface area contributed by atoms with Gasteiger partial charge in [-0.2, -0.15) is 4.99 Å². The molecule has 2 aromatic carbocycles. The maximum Gasteiger partial charge on any atom is 0.270 e. The molecule has 0 bridgehead atoms. The highest BCUT2D eigenvalue weighted by Gasteiger charge is 2.42. The van der Waals surface area contributed by atoms with Crippen LogP contribution < -0.4 is 10.1 Å². The average molecular weight is 451 g/mol. The van der Waals surface area contributed by atoms with E-state index < -0.39 is 11.3 Å². The predicted molar refractivity (Wildman–Crippen MR) is 129 cm³/mol. The Morgan fingerprint density at radius 2 is 1.84 bits per heavy atom. The Bertz CT molecular complexity index is 1090. The number of fused-ring (bicyclic) bond motifs is 3. The van der Waals surface area contributed by atoms with Crippen LogP contribution in [0.3, 0.4) is 0 Å².